The SMILES string of the molecule is CCn1cc(C(=O)NC2CCCN(c3ccccn3)C2)cn1. The fourth-order valence-corrected chi connectivity index (χ4v) is 2.77. The number of piperidine rings is 1. The average molecular weight is 299 g/mol. The van der Waals surface area contributed by atoms with Crippen LogP contribution in [0.3, 0.4) is 0 Å². The lowest BCUT2D eigenvalue weighted by Crippen LogP contribution is -2.48. The van der Waals surface area contributed by atoms with Crippen molar-refractivity contribution in [2.45, 2.75) is 32.4 Å². The van der Waals surface area contributed by atoms with Gasteiger partial charge in [0.25, 0.3) is 5.91 Å². The molecule has 2 aromatic heterocycles. The van der Waals surface area contributed by atoms with Gasteiger partial charge in [-0.1, -0.05) is 6.07 Å². The summed E-state index contributed by atoms with van der Waals surface area (Å²) in [5.74, 6) is 0.924. The minimum atomic E-state index is -0.0485. The molecule has 0 spiro atoms. The van der Waals surface area contributed by atoms with Crippen LogP contribution in [0.1, 0.15) is 30.1 Å². The first-order valence-electron chi connectivity index (χ1n) is 7.75. The molecule has 1 fully saturated rings. The molecule has 2 aromatic rings. The number of amides is 1. The van der Waals surface area contributed by atoms with Crippen molar-refractivity contribution in [1.82, 2.24) is 20.1 Å². The first kappa shape index (κ1) is 14.6. The van der Waals surface area contributed by atoms with Gasteiger partial charge in [-0.3, -0.25) is 9.48 Å². The van der Waals surface area contributed by atoms with E-state index < -0.39 is 0 Å². The van der Waals surface area contributed by atoms with Crippen LogP contribution in [0.15, 0.2) is 36.8 Å². The molecule has 1 aliphatic rings. The van der Waals surface area contributed by atoms with Crippen LogP contribution >= 0.6 is 0 Å². The van der Waals surface area contributed by atoms with E-state index in [0.29, 0.717) is 5.56 Å². The molecule has 0 aliphatic carbocycles. The highest BCUT2D eigenvalue weighted by Crippen LogP contribution is 2.17. The van der Waals surface area contributed by atoms with Crippen LogP contribution in [0.25, 0.3) is 0 Å². The summed E-state index contributed by atoms with van der Waals surface area (Å²) in [4.78, 5) is 18.9. The summed E-state index contributed by atoms with van der Waals surface area (Å²) in [6.07, 6.45) is 7.26. The zero-order valence-corrected chi connectivity index (χ0v) is 12.8. The largest absolute Gasteiger partial charge is 0.355 e. The van der Waals surface area contributed by atoms with Gasteiger partial charge < -0.3 is 10.2 Å². The first-order valence-corrected chi connectivity index (χ1v) is 7.75. The second-order valence-corrected chi connectivity index (χ2v) is 5.53. The number of carbonyl (C=O) groups excluding carboxylic acids is 1. The smallest absolute Gasteiger partial charge is 0.254 e. The molecule has 116 valence electrons. The van der Waals surface area contributed by atoms with Crippen LogP contribution in [0, 0.1) is 0 Å². The normalized spacial score (nSPS) is 18.2. The topological polar surface area (TPSA) is 63.1 Å². The molecule has 0 bridgehead atoms. The van der Waals surface area contributed by atoms with E-state index >= 15 is 0 Å². The lowest BCUT2D eigenvalue weighted by atomic mass is 10.1. The number of aromatic nitrogens is 3. The molecule has 1 atom stereocenters. The number of nitrogens with one attached hydrogen (secondary N) is 1. The van der Waals surface area contributed by atoms with Crippen molar-refractivity contribution in [3.63, 3.8) is 0 Å². The Kier molecular flexibility index (Phi) is 4.37. The van der Waals surface area contributed by atoms with Crippen LogP contribution in [-0.2, 0) is 6.54 Å². The predicted molar refractivity (Wildman–Crippen MR) is 84.8 cm³/mol. The number of nitrogens with zero attached hydrogens (tertiary/aromatic N) is 4. The minimum Gasteiger partial charge on any atom is -0.355 e. The third-order valence-corrected chi connectivity index (χ3v) is 3.95. The third kappa shape index (κ3) is 3.27. The maximum atomic E-state index is 12.3. The van der Waals surface area contributed by atoms with E-state index in [1.54, 1.807) is 23.3 Å². The number of pyridine rings is 1. The Labute approximate surface area is 130 Å². The maximum absolute atomic E-state index is 12.3. The second-order valence-electron chi connectivity index (χ2n) is 5.53. The van der Waals surface area contributed by atoms with E-state index in [9.17, 15) is 4.79 Å². The molecule has 0 saturated carbocycles. The Morgan fingerprint density at radius 2 is 2.36 bits per heavy atom. The molecule has 1 N–H and O–H groups in total. The fourth-order valence-electron chi connectivity index (χ4n) is 2.77. The van der Waals surface area contributed by atoms with Crippen LogP contribution in [0.2, 0.25) is 0 Å². The summed E-state index contributed by atoms with van der Waals surface area (Å²) in [7, 11) is 0. The lowest BCUT2D eigenvalue weighted by Gasteiger charge is -2.33. The highest BCUT2D eigenvalue weighted by atomic mass is 16.1. The molecule has 6 nitrogen and oxygen atoms in total. The van der Waals surface area contributed by atoms with Crippen LogP contribution in [-0.4, -0.2) is 39.8 Å². The van der Waals surface area contributed by atoms with Gasteiger partial charge in [-0.2, -0.15) is 5.10 Å². The van der Waals surface area contributed by atoms with E-state index in [4.69, 9.17) is 0 Å². The standard InChI is InChI=1S/C16H21N5O/c1-2-21-11-13(10-18-21)16(22)19-14-6-5-9-20(12-14)15-7-3-4-8-17-15/h3-4,7-8,10-11,14H,2,5-6,9,12H2,1H3,(H,19,22). The van der Waals surface area contributed by atoms with Crippen LogP contribution in [0.5, 0.6) is 0 Å². The Hall–Kier alpha value is -2.37. The van der Waals surface area contributed by atoms with Crippen molar-refractivity contribution in [3.8, 4) is 0 Å². The molecular weight excluding hydrogens is 278 g/mol. The number of rotatable bonds is 4. The van der Waals surface area contributed by atoms with Crippen molar-refractivity contribution in [1.29, 1.82) is 0 Å². The van der Waals surface area contributed by atoms with Crippen LogP contribution < -0.4 is 10.2 Å². The van der Waals surface area contributed by atoms with Crippen molar-refractivity contribution in [3.05, 3.63) is 42.4 Å². The zero-order chi connectivity index (χ0) is 15.4. The van der Waals surface area contributed by atoms with Crippen molar-refractivity contribution in [2.24, 2.45) is 0 Å². The average Bonchev–Trinajstić information content (AvgIpc) is 3.05. The Morgan fingerprint density at radius 1 is 1.45 bits per heavy atom. The second kappa shape index (κ2) is 6.60. The van der Waals surface area contributed by atoms with Gasteiger partial charge in [-0.05, 0) is 31.9 Å². The molecule has 3 heterocycles. The summed E-state index contributed by atoms with van der Waals surface area (Å²) >= 11 is 0. The lowest BCUT2D eigenvalue weighted by molar-refractivity contribution is 0.0933. The molecule has 1 saturated heterocycles. The quantitative estimate of drug-likeness (QED) is 0.933. The van der Waals surface area contributed by atoms with Crippen molar-refractivity contribution >= 4 is 11.7 Å². The van der Waals surface area contributed by atoms with E-state index in [1.807, 2.05) is 25.1 Å². The van der Waals surface area contributed by atoms with Gasteiger partial charge in [0.1, 0.15) is 5.82 Å². The van der Waals surface area contributed by atoms with Gasteiger partial charge in [-0.25, -0.2) is 4.98 Å². The number of hydrogen-bond acceptors (Lipinski definition) is 4. The number of carbonyl (C=O) groups is 1. The third-order valence-electron chi connectivity index (χ3n) is 3.95. The molecule has 0 radical (unpaired) electrons. The Morgan fingerprint density at radius 3 is 3.09 bits per heavy atom. The van der Waals surface area contributed by atoms with Gasteiger partial charge in [-0.15, -0.1) is 0 Å². The van der Waals surface area contributed by atoms with Gasteiger partial charge in [0.05, 0.1) is 11.8 Å². The van der Waals surface area contributed by atoms with Crippen LogP contribution in [0.4, 0.5) is 5.82 Å². The summed E-state index contributed by atoms with van der Waals surface area (Å²) < 4.78 is 1.76. The fraction of sp³-hybridized carbons (Fsp3) is 0.438. The van der Waals surface area contributed by atoms with Gasteiger partial charge in [0.15, 0.2) is 0 Å². The van der Waals surface area contributed by atoms with Gasteiger partial charge in [0.2, 0.25) is 0 Å². The van der Waals surface area contributed by atoms with Crippen molar-refractivity contribution in [2.75, 3.05) is 18.0 Å². The molecule has 0 aromatic carbocycles. The van der Waals surface area contributed by atoms with Gasteiger partial charge in [0, 0.05) is 38.1 Å². The predicted octanol–water partition coefficient (Wildman–Crippen LogP) is 1.70. The number of hydrogen-bond donors (Lipinski definition) is 1. The molecule has 6 heteroatoms. The van der Waals surface area contributed by atoms with E-state index in [1.165, 1.54) is 0 Å². The Bertz CT molecular complexity index is 624. The van der Waals surface area contributed by atoms with E-state index in [2.05, 4.69) is 20.3 Å². The molecule has 3 rings (SSSR count). The summed E-state index contributed by atoms with van der Waals surface area (Å²) in [5, 5.41) is 7.26. The number of anilines is 1. The Balaban J connectivity index is 1.61. The molecule has 1 aliphatic heterocycles. The number of aryl methyl sites for hydroxylation is 1. The maximum Gasteiger partial charge on any atom is 0.254 e. The summed E-state index contributed by atoms with van der Waals surface area (Å²) in [6.45, 7) is 4.55. The van der Waals surface area contributed by atoms with Gasteiger partial charge >= 0.3 is 0 Å². The summed E-state index contributed by atoms with van der Waals surface area (Å²) in [5.41, 5.74) is 0.622. The zero-order valence-electron chi connectivity index (χ0n) is 12.8. The molecule has 1 unspecified atom stereocenters. The van der Waals surface area contributed by atoms with Crippen molar-refractivity contribution < 1.29 is 4.79 Å². The monoisotopic (exact) mass is 299 g/mol. The molecule has 1 amide bonds. The summed E-state index contributed by atoms with van der Waals surface area (Å²) in [6, 6.07) is 6.06. The highest BCUT2D eigenvalue weighted by molar-refractivity contribution is 5.93. The molecular formula is C16H21N5O. The van der Waals surface area contributed by atoms with E-state index in [-0.39, 0.29) is 11.9 Å². The molecule has 22 heavy (non-hydrogen) atoms. The minimum absolute atomic E-state index is 0.0485. The highest BCUT2D eigenvalue weighted by Gasteiger charge is 2.23. The first-order chi connectivity index (χ1) is 10.8. The van der Waals surface area contributed by atoms with E-state index in [0.717, 1.165) is 38.3 Å².